The highest BCUT2D eigenvalue weighted by molar-refractivity contribution is 5.85. The van der Waals surface area contributed by atoms with Crippen LogP contribution in [0.1, 0.15) is 13.3 Å². The van der Waals surface area contributed by atoms with Gasteiger partial charge in [-0.15, -0.1) is 24.8 Å². The maximum absolute atomic E-state index is 2.32. The minimum atomic E-state index is 0. The molecule has 0 aliphatic heterocycles. The average molecular weight is 179 g/mol. The van der Waals surface area contributed by atoms with Crippen molar-refractivity contribution in [1.82, 2.24) is 0 Å². The van der Waals surface area contributed by atoms with Gasteiger partial charge in [-0.25, -0.2) is 0 Å². The molecule has 0 radical (unpaired) electrons. The van der Waals surface area contributed by atoms with Crippen LogP contribution in [-0.4, -0.2) is 0 Å². The Balaban J connectivity index is 0.000000405. The molecule has 2 aliphatic carbocycles. The lowest BCUT2D eigenvalue weighted by Gasteiger charge is -1.98. The molecule has 2 heteroatoms. The van der Waals surface area contributed by atoms with Crippen molar-refractivity contribution in [3.8, 4) is 0 Å². The predicted octanol–water partition coefficient (Wildman–Crippen LogP) is 2.98. The summed E-state index contributed by atoms with van der Waals surface area (Å²) in [6.07, 6.45) is 8.15. The number of halogens is 2. The molecule has 0 spiro atoms. The Bertz CT molecular complexity index is 170. The van der Waals surface area contributed by atoms with Crippen molar-refractivity contribution in [3.63, 3.8) is 0 Å². The lowest BCUT2D eigenvalue weighted by Crippen LogP contribution is -1.84. The lowest BCUT2D eigenvalue weighted by atomic mass is 10.1. The third-order valence-electron chi connectivity index (χ3n) is 2.14. The molecule has 0 heterocycles. The second-order valence-electron chi connectivity index (χ2n) is 2.80. The van der Waals surface area contributed by atoms with E-state index in [9.17, 15) is 0 Å². The normalized spacial score (nSPS) is 32.7. The van der Waals surface area contributed by atoms with Gasteiger partial charge >= 0.3 is 0 Å². The smallest absolute Gasteiger partial charge is 0.0134 e. The summed E-state index contributed by atoms with van der Waals surface area (Å²) in [5.41, 5.74) is 1.58. The predicted molar refractivity (Wildman–Crippen MR) is 49.0 cm³/mol. The van der Waals surface area contributed by atoms with E-state index in [1.165, 1.54) is 6.42 Å². The topological polar surface area (TPSA) is 0 Å². The Morgan fingerprint density at radius 3 is 2.60 bits per heavy atom. The van der Waals surface area contributed by atoms with Crippen LogP contribution in [0.15, 0.2) is 23.8 Å². The van der Waals surface area contributed by atoms with Gasteiger partial charge in [0.2, 0.25) is 0 Å². The quantitative estimate of drug-likeness (QED) is 0.536. The SMILES string of the molecule is CC1=CC=CC2CC12.Cl.Cl. The maximum Gasteiger partial charge on any atom is -0.0134 e. The second kappa shape index (κ2) is 3.45. The third kappa shape index (κ3) is 1.56. The molecule has 0 aromatic heterocycles. The molecule has 1 saturated carbocycles. The van der Waals surface area contributed by atoms with Crippen LogP contribution in [0.3, 0.4) is 0 Å². The number of allylic oxidation sites excluding steroid dienone is 4. The van der Waals surface area contributed by atoms with Crippen molar-refractivity contribution >= 4 is 24.8 Å². The molecule has 58 valence electrons. The summed E-state index contributed by atoms with van der Waals surface area (Å²) in [6.45, 7) is 2.23. The van der Waals surface area contributed by atoms with Crippen LogP contribution in [0.5, 0.6) is 0 Å². The molecular formula is C8H12Cl2. The van der Waals surface area contributed by atoms with Crippen LogP contribution >= 0.6 is 24.8 Å². The van der Waals surface area contributed by atoms with E-state index < -0.39 is 0 Å². The minimum Gasteiger partial charge on any atom is -0.147 e. The summed E-state index contributed by atoms with van der Waals surface area (Å²) in [6, 6.07) is 0. The Morgan fingerprint density at radius 1 is 1.40 bits per heavy atom. The molecule has 2 rings (SSSR count). The number of hydrogen-bond acceptors (Lipinski definition) is 0. The zero-order valence-corrected chi connectivity index (χ0v) is 7.54. The first-order valence-corrected chi connectivity index (χ1v) is 3.23. The fourth-order valence-corrected chi connectivity index (χ4v) is 1.42. The fourth-order valence-electron chi connectivity index (χ4n) is 1.42. The summed E-state index contributed by atoms with van der Waals surface area (Å²) in [7, 11) is 0. The molecule has 0 amide bonds. The summed E-state index contributed by atoms with van der Waals surface area (Å²) in [4.78, 5) is 0. The van der Waals surface area contributed by atoms with Crippen LogP contribution in [-0.2, 0) is 0 Å². The molecule has 0 aromatic carbocycles. The van der Waals surface area contributed by atoms with E-state index in [4.69, 9.17) is 0 Å². The van der Waals surface area contributed by atoms with Crippen molar-refractivity contribution in [2.45, 2.75) is 13.3 Å². The fraction of sp³-hybridized carbons (Fsp3) is 0.500. The van der Waals surface area contributed by atoms with Crippen LogP contribution < -0.4 is 0 Å². The van der Waals surface area contributed by atoms with Gasteiger partial charge in [-0.05, 0) is 25.2 Å². The summed E-state index contributed by atoms with van der Waals surface area (Å²) in [5, 5.41) is 0. The number of fused-ring (bicyclic) bond motifs is 1. The number of hydrogen-bond donors (Lipinski definition) is 0. The molecule has 0 nitrogen and oxygen atoms in total. The van der Waals surface area contributed by atoms with E-state index in [0.717, 1.165) is 11.8 Å². The lowest BCUT2D eigenvalue weighted by molar-refractivity contribution is 0.909. The number of rotatable bonds is 0. The van der Waals surface area contributed by atoms with Gasteiger partial charge < -0.3 is 0 Å². The van der Waals surface area contributed by atoms with Crippen molar-refractivity contribution < 1.29 is 0 Å². The van der Waals surface area contributed by atoms with Crippen LogP contribution in [0.4, 0.5) is 0 Å². The molecule has 1 fully saturated rings. The summed E-state index contributed by atoms with van der Waals surface area (Å²) in [5.74, 6) is 1.87. The molecule has 0 saturated heterocycles. The minimum absolute atomic E-state index is 0. The molecule has 2 atom stereocenters. The molecule has 0 N–H and O–H groups in total. The highest BCUT2D eigenvalue weighted by Crippen LogP contribution is 2.46. The van der Waals surface area contributed by atoms with Crippen molar-refractivity contribution in [2.75, 3.05) is 0 Å². The highest BCUT2D eigenvalue weighted by Gasteiger charge is 2.36. The molecule has 10 heavy (non-hydrogen) atoms. The second-order valence-corrected chi connectivity index (χ2v) is 2.80. The molecule has 0 bridgehead atoms. The summed E-state index contributed by atoms with van der Waals surface area (Å²) < 4.78 is 0. The van der Waals surface area contributed by atoms with Gasteiger partial charge in [-0.3, -0.25) is 0 Å². The average Bonchev–Trinajstić information content (AvgIpc) is 2.45. The van der Waals surface area contributed by atoms with Gasteiger partial charge in [0.05, 0.1) is 0 Å². The Hall–Kier alpha value is 0.0600. The van der Waals surface area contributed by atoms with Gasteiger partial charge in [0.1, 0.15) is 0 Å². The van der Waals surface area contributed by atoms with Crippen LogP contribution in [0, 0.1) is 11.8 Å². The van der Waals surface area contributed by atoms with E-state index in [2.05, 4.69) is 25.2 Å². The Morgan fingerprint density at radius 2 is 2.10 bits per heavy atom. The summed E-state index contributed by atoms with van der Waals surface area (Å²) >= 11 is 0. The first-order valence-electron chi connectivity index (χ1n) is 3.23. The first kappa shape index (κ1) is 10.1. The standard InChI is InChI=1S/C8H10.2ClH/c1-6-3-2-4-7-5-8(6)7;;/h2-4,7-8H,5H2,1H3;2*1H. The van der Waals surface area contributed by atoms with E-state index in [1.54, 1.807) is 5.57 Å². The maximum atomic E-state index is 2.32. The molecule has 2 unspecified atom stereocenters. The van der Waals surface area contributed by atoms with Crippen molar-refractivity contribution in [3.05, 3.63) is 23.8 Å². The zero-order chi connectivity index (χ0) is 5.56. The first-order chi connectivity index (χ1) is 3.88. The van der Waals surface area contributed by atoms with Gasteiger partial charge in [-0.1, -0.05) is 23.8 Å². The van der Waals surface area contributed by atoms with Crippen LogP contribution in [0.2, 0.25) is 0 Å². The zero-order valence-electron chi connectivity index (χ0n) is 5.91. The van der Waals surface area contributed by atoms with Crippen molar-refractivity contribution in [1.29, 1.82) is 0 Å². The van der Waals surface area contributed by atoms with E-state index in [1.807, 2.05) is 0 Å². The van der Waals surface area contributed by atoms with Crippen molar-refractivity contribution in [2.24, 2.45) is 11.8 Å². The molecular weight excluding hydrogens is 167 g/mol. The monoisotopic (exact) mass is 178 g/mol. The largest absolute Gasteiger partial charge is 0.147 e. The van der Waals surface area contributed by atoms with E-state index in [0.29, 0.717) is 0 Å². The third-order valence-corrected chi connectivity index (χ3v) is 2.14. The van der Waals surface area contributed by atoms with E-state index in [-0.39, 0.29) is 24.8 Å². The van der Waals surface area contributed by atoms with Gasteiger partial charge in [0.15, 0.2) is 0 Å². The Labute approximate surface area is 74.2 Å². The van der Waals surface area contributed by atoms with Crippen LogP contribution in [0.25, 0.3) is 0 Å². The van der Waals surface area contributed by atoms with Gasteiger partial charge in [0, 0.05) is 0 Å². The van der Waals surface area contributed by atoms with E-state index >= 15 is 0 Å². The molecule has 0 aromatic rings. The van der Waals surface area contributed by atoms with Gasteiger partial charge in [-0.2, -0.15) is 0 Å². The van der Waals surface area contributed by atoms with Gasteiger partial charge in [0.25, 0.3) is 0 Å². The highest BCUT2D eigenvalue weighted by atomic mass is 35.5. The Kier molecular flexibility index (Phi) is 3.47. The molecule has 2 aliphatic rings.